The largest absolute Gasteiger partial charge is 0.495 e. The molecule has 3 rings (SSSR count). The van der Waals surface area contributed by atoms with Gasteiger partial charge < -0.3 is 15.4 Å². The first-order valence-corrected chi connectivity index (χ1v) is 9.62. The third-order valence-corrected chi connectivity index (χ3v) is 4.91. The smallest absolute Gasteiger partial charge is 0.319 e. The molecule has 0 unspecified atom stereocenters. The van der Waals surface area contributed by atoms with Crippen LogP contribution >= 0.6 is 27.5 Å². The number of ether oxygens (including phenoxy) is 1. The second kappa shape index (κ2) is 8.62. The Kier molecular flexibility index (Phi) is 6.21. The maximum atomic E-state index is 12.4. The lowest BCUT2D eigenvalue weighted by Gasteiger charge is -2.14. The maximum absolute atomic E-state index is 12.4. The van der Waals surface area contributed by atoms with Crippen LogP contribution in [0.25, 0.3) is 0 Å². The average molecular weight is 467 g/mol. The summed E-state index contributed by atoms with van der Waals surface area (Å²) in [6, 6.07) is 9.44. The molecule has 28 heavy (non-hydrogen) atoms. The summed E-state index contributed by atoms with van der Waals surface area (Å²) < 4.78 is 5.91. The number of amides is 4. The van der Waals surface area contributed by atoms with Crippen molar-refractivity contribution in [2.45, 2.75) is 6.42 Å². The van der Waals surface area contributed by atoms with E-state index in [1.54, 1.807) is 36.4 Å². The van der Waals surface area contributed by atoms with Crippen LogP contribution in [0.15, 0.2) is 40.9 Å². The van der Waals surface area contributed by atoms with Crippen LogP contribution in [0.3, 0.4) is 0 Å². The molecule has 0 spiro atoms. The van der Waals surface area contributed by atoms with E-state index >= 15 is 0 Å². The third-order valence-electron chi connectivity index (χ3n) is 4.19. The highest BCUT2D eigenvalue weighted by molar-refractivity contribution is 9.10. The van der Waals surface area contributed by atoms with Gasteiger partial charge in [-0.15, -0.1) is 0 Å². The summed E-state index contributed by atoms with van der Waals surface area (Å²) in [5.74, 6) is -0.160. The van der Waals surface area contributed by atoms with Gasteiger partial charge in [-0.05, 0) is 42.8 Å². The first-order valence-electron chi connectivity index (χ1n) is 8.45. The minimum Gasteiger partial charge on any atom is -0.495 e. The topological polar surface area (TPSA) is 87.7 Å². The number of hydrogen-bond donors (Lipinski definition) is 2. The number of fused-ring (bicyclic) bond motifs is 1. The lowest BCUT2D eigenvalue weighted by Crippen LogP contribution is -2.35. The van der Waals surface area contributed by atoms with E-state index in [4.69, 9.17) is 16.3 Å². The zero-order valence-electron chi connectivity index (χ0n) is 14.9. The van der Waals surface area contributed by atoms with Crippen molar-refractivity contribution in [1.82, 2.24) is 10.2 Å². The molecule has 0 saturated heterocycles. The predicted octanol–water partition coefficient (Wildman–Crippen LogP) is 3.92. The van der Waals surface area contributed by atoms with Crippen molar-refractivity contribution < 1.29 is 19.1 Å². The molecular weight excluding hydrogens is 450 g/mol. The van der Waals surface area contributed by atoms with Gasteiger partial charge in [-0.25, -0.2) is 4.79 Å². The highest BCUT2D eigenvalue weighted by atomic mass is 79.9. The van der Waals surface area contributed by atoms with Gasteiger partial charge in [-0.1, -0.05) is 27.5 Å². The van der Waals surface area contributed by atoms with E-state index in [-0.39, 0.29) is 24.9 Å². The molecule has 0 saturated carbocycles. The van der Waals surface area contributed by atoms with E-state index in [1.807, 2.05) is 0 Å². The van der Waals surface area contributed by atoms with Crippen molar-refractivity contribution >= 4 is 51.1 Å². The lowest BCUT2D eigenvalue weighted by atomic mass is 10.1. The molecule has 7 nitrogen and oxygen atoms in total. The molecule has 0 atom stereocenters. The Morgan fingerprint density at radius 1 is 1.14 bits per heavy atom. The number of nitrogens with one attached hydrogen (secondary N) is 2. The van der Waals surface area contributed by atoms with Gasteiger partial charge in [-0.2, -0.15) is 0 Å². The van der Waals surface area contributed by atoms with Crippen molar-refractivity contribution in [2.75, 3.05) is 25.5 Å². The molecule has 4 amide bonds. The van der Waals surface area contributed by atoms with Gasteiger partial charge in [0.25, 0.3) is 11.8 Å². The van der Waals surface area contributed by atoms with Gasteiger partial charge in [0.05, 0.1) is 23.9 Å². The molecular formula is C19H17BrClN3O4. The number of carbonyl (C=O) groups excluding carboxylic acids is 3. The number of carbonyl (C=O) groups is 3. The van der Waals surface area contributed by atoms with Gasteiger partial charge in [0.1, 0.15) is 5.75 Å². The van der Waals surface area contributed by atoms with Crippen molar-refractivity contribution in [3.05, 3.63) is 57.0 Å². The Hall–Kier alpha value is -2.58. The number of urea groups is 1. The molecule has 1 aliphatic heterocycles. The zero-order valence-corrected chi connectivity index (χ0v) is 17.3. The summed E-state index contributed by atoms with van der Waals surface area (Å²) in [6.45, 7) is 0.497. The van der Waals surface area contributed by atoms with Crippen LogP contribution in [0, 0.1) is 0 Å². The molecule has 1 aliphatic rings. The Balaban J connectivity index is 1.50. The fourth-order valence-corrected chi connectivity index (χ4v) is 3.38. The van der Waals surface area contributed by atoms with E-state index in [1.165, 1.54) is 12.0 Å². The number of nitrogens with zero attached hydrogens (tertiary/aromatic N) is 1. The van der Waals surface area contributed by atoms with Crippen molar-refractivity contribution in [3.8, 4) is 5.75 Å². The molecule has 0 radical (unpaired) electrons. The molecule has 2 aromatic rings. The van der Waals surface area contributed by atoms with E-state index in [9.17, 15) is 14.4 Å². The van der Waals surface area contributed by atoms with Crippen LogP contribution in [0.5, 0.6) is 5.75 Å². The predicted molar refractivity (Wildman–Crippen MR) is 109 cm³/mol. The first kappa shape index (κ1) is 20.2. The molecule has 2 aromatic carbocycles. The summed E-state index contributed by atoms with van der Waals surface area (Å²) in [5, 5.41) is 5.80. The first-order chi connectivity index (χ1) is 13.4. The van der Waals surface area contributed by atoms with E-state index in [0.717, 1.165) is 4.47 Å². The number of methoxy groups -OCH3 is 1. The maximum Gasteiger partial charge on any atom is 0.319 e. The number of halogens is 2. The number of benzene rings is 2. The fraction of sp³-hybridized carbons (Fsp3) is 0.211. The van der Waals surface area contributed by atoms with Crippen molar-refractivity contribution in [2.24, 2.45) is 0 Å². The quantitative estimate of drug-likeness (QED) is 0.499. The molecule has 0 fully saturated rings. The molecule has 0 aromatic heterocycles. The molecule has 2 N–H and O–H groups in total. The summed E-state index contributed by atoms with van der Waals surface area (Å²) in [5.41, 5.74) is 1.23. The van der Waals surface area contributed by atoms with Gasteiger partial charge >= 0.3 is 6.03 Å². The fourth-order valence-electron chi connectivity index (χ4n) is 2.85. The Morgan fingerprint density at radius 2 is 1.89 bits per heavy atom. The minimum absolute atomic E-state index is 0.213. The van der Waals surface area contributed by atoms with Crippen LogP contribution in [-0.4, -0.2) is 42.9 Å². The highest BCUT2D eigenvalue weighted by Crippen LogP contribution is 2.28. The second-order valence-corrected chi connectivity index (χ2v) is 7.38. The van der Waals surface area contributed by atoms with Crippen LogP contribution in [-0.2, 0) is 0 Å². The lowest BCUT2D eigenvalue weighted by molar-refractivity contribution is 0.0653. The van der Waals surface area contributed by atoms with E-state index in [0.29, 0.717) is 34.0 Å². The molecule has 1 heterocycles. The molecule has 9 heteroatoms. The summed E-state index contributed by atoms with van der Waals surface area (Å²) >= 11 is 9.23. The number of anilines is 1. The Morgan fingerprint density at radius 3 is 2.64 bits per heavy atom. The summed E-state index contributed by atoms with van der Waals surface area (Å²) in [4.78, 5) is 38.0. The molecule has 0 aliphatic carbocycles. The number of rotatable bonds is 6. The van der Waals surface area contributed by atoms with Crippen LogP contribution in [0.4, 0.5) is 10.5 Å². The van der Waals surface area contributed by atoms with Crippen LogP contribution in [0.2, 0.25) is 5.02 Å². The summed E-state index contributed by atoms with van der Waals surface area (Å²) in [6.07, 6.45) is 0.423. The van der Waals surface area contributed by atoms with Gasteiger partial charge in [0, 0.05) is 22.6 Å². The van der Waals surface area contributed by atoms with E-state index in [2.05, 4.69) is 26.6 Å². The van der Waals surface area contributed by atoms with E-state index < -0.39 is 6.03 Å². The zero-order chi connectivity index (χ0) is 20.3. The standard InChI is InChI=1S/C19H17BrClN3O4/c1-28-16-6-4-12(21)10-15(16)23-19(27)22-7-2-8-24-17(25)13-5-3-11(20)9-14(13)18(24)26/h3-6,9-10H,2,7-8H2,1H3,(H2,22,23,27). The second-order valence-electron chi connectivity index (χ2n) is 6.03. The van der Waals surface area contributed by atoms with Crippen LogP contribution < -0.4 is 15.4 Å². The normalized spacial score (nSPS) is 12.8. The average Bonchev–Trinajstić information content (AvgIpc) is 2.89. The minimum atomic E-state index is -0.438. The Bertz CT molecular complexity index is 951. The van der Waals surface area contributed by atoms with Crippen molar-refractivity contribution in [3.63, 3.8) is 0 Å². The summed E-state index contributed by atoms with van der Waals surface area (Å²) in [7, 11) is 1.49. The SMILES string of the molecule is COc1ccc(Cl)cc1NC(=O)NCCCN1C(=O)c2ccc(Br)cc2C1=O. The highest BCUT2D eigenvalue weighted by Gasteiger charge is 2.34. The number of hydrogen-bond acceptors (Lipinski definition) is 4. The van der Waals surface area contributed by atoms with Gasteiger partial charge in [0.2, 0.25) is 0 Å². The molecule has 146 valence electrons. The third kappa shape index (κ3) is 4.28. The van der Waals surface area contributed by atoms with Gasteiger partial charge in [0.15, 0.2) is 0 Å². The van der Waals surface area contributed by atoms with Gasteiger partial charge in [-0.3, -0.25) is 14.5 Å². The Labute approximate surface area is 175 Å². The monoisotopic (exact) mass is 465 g/mol. The molecule has 0 bridgehead atoms. The van der Waals surface area contributed by atoms with Crippen LogP contribution in [0.1, 0.15) is 27.1 Å². The number of imide groups is 1. The van der Waals surface area contributed by atoms with Crippen molar-refractivity contribution in [1.29, 1.82) is 0 Å².